The van der Waals surface area contributed by atoms with E-state index in [0.29, 0.717) is 25.6 Å². The lowest BCUT2D eigenvalue weighted by atomic mass is 10.0. The molecule has 3 aromatic rings. The van der Waals surface area contributed by atoms with Gasteiger partial charge in [0.2, 0.25) is 0 Å². The van der Waals surface area contributed by atoms with Gasteiger partial charge >= 0.3 is 0 Å². The number of aromatic nitrogens is 1. The molecule has 5 heteroatoms. The van der Waals surface area contributed by atoms with E-state index >= 15 is 0 Å². The molecule has 0 unspecified atom stereocenters. The van der Waals surface area contributed by atoms with Crippen LogP contribution >= 0.6 is 22.6 Å². The van der Waals surface area contributed by atoms with Crippen molar-refractivity contribution in [1.29, 1.82) is 0 Å². The van der Waals surface area contributed by atoms with Gasteiger partial charge in [0.1, 0.15) is 11.6 Å². The fourth-order valence-corrected chi connectivity index (χ4v) is 2.83. The molecular formula is C15H8F2INO. The van der Waals surface area contributed by atoms with Crippen LogP contribution in [0.3, 0.4) is 0 Å². The minimum atomic E-state index is -0.382. The van der Waals surface area contributed by atoms with E-state index in [1.54, 1.807) is 12.3 Å². The Morgan fingerprint density at radius 2 is 1.70 bits per heavy atom. The molecule has 1 N–H and O–H groups in total. The van der Waals surface area contributed by atoms with E-state index in [2.05, 4.69) is 4.98 Å². The van der Waals surface area contributed by atoms with Crippen molar-refractivity contribution in [3.05, 3.63) is 68.9 Å². The largest absolute Gasteiger partial charge is 0.360 e. The second-order valence-electron chi connectivity index (χ2n) is 4.35. The molecule has 0 fully saturated rings. The van der Waals surface area contributed by atoms with Crippen molar-refractivity contribution in [2.75, 3.05) is 0 Å². The molecule has 0 atom stereocenters. The van der Waals surface area contributed by atoms with Gasteiger partial charge in [-0.2, -0.15) is 0 Å². The number of aromatic amines is 1. The molecule has 0 aliphatic heterocycles. The number of halogens is 3. The summed E-state index contributed by atoms with van der Waals surface area (Å²) in [6.45, 7) is 0. The maximum absolute atomic E-state index is 13.1. The van der Waals surface area contributed by atoms with Crippen LogP contribution in [0.25, 0.3) is 10.9 Å². The Morgan fingerprint density at radius 1 is 1.00 bits per heavy atom. The lowest BCUT2D eigenvalue weighted by Gasteiger charge is -2.03. The van der Waals surface area contributed by atoms with E-state index in [1.807, 2.05) is 22.6 Å². The van der Waals surface area contributed by atoms with Crippen LogP contribution in [0.4, 0.5) is 8.78 Å². The Hall–Kier alpha value is -1.76. The van der Waals surface area contributed by atoms with Crippen molar-refractivity contribution in [2.24, 2.45) is 0 Å². The molecule has 3 rings (SSSR count). The molecule has 0 saturated carbocycles. The molecule has 0 aliphatic carbocycles. The van der Waals surface area contributed by atoms with Crippen molar-refractivity contribution in [1.82, 2.24) is 4.98 Å². The third-order valence-corrected chi connectivity index (χ3v) is 3.96. The van der Waals surface area contributed by atoms with Gasteiger partial charge in [-0.15, -0.1) is 0 Å². The third kappa shape index (κ3) is 2.22. The monoisotopic (exact) mass is 383 g/mol. The number of H-pyrrole nitrogens is 1. The number of rotatable bonds is 2. The first-order valence-electron chi connectivity index (χ1n) is 5.82. The fourth-order valence-electron chi connectivity index (χ4n) is 2.10. The number of nitrogens with one attached hydrogen (secondary N) is 1. The number of fused-ring (bicyclic) bond motifs is 1. The summed E-state index contributed by atoms with van der Waals surface area (Å²) in [6.07, 6.45) is 1.55. The highest BCUT2D eigenvalue weighted by Gasteiger charge is 2.17. The standard InChI is InChI=1S/C15H8F2INO/c16-8-2-4-11(13(18)5-8)15(20)12-7-19-14-6-9(17)1-3-10(12)14/h1-7,19H. The predicted molar refractivity (Wildman–Crippen MR) is 80.8 cm³/mol. The smallest absolute Gasteiger partial charge is 0.196 e. The molecule has 100 valence electrons. The van der Waals surface area contributed by atoms with Crippen molar-refractivity contribution < 1.29 is 13.6 Å². The minimum Gasteiger partial charge on any atom is -0.360 e. The summed E-state index contributed by atoms with van der Waals surface area (Å²) in [7, 11) is 0. The molecule has 20 heavy (non-hydrogen) atoms. The van der Waals surface area contributed by atoms with Gasteiger partial charge in [-0.25, -0.2) is 8.78 Å². The van der Waals surface area contributed by atoms with Gasteiger partial charge in [0.25, 0.3) is 0 Å². The summed E-state index contributed by atoms with van der Waals surface area (Å²) in [5.74, 6) is -0.964. The Bertz CT molecular complexity index is 826. The number of hydrogen-bond donors (Lipinski definition) is 1. The summed E-state index contributed by atoms with van der Waals surface area (Å²) in [6, 6.07) is 8.23. The number of ketones is 1. The molecule has 0 amide bonds. The van der Waals surface area contributed by atoms with Gasteiger partial charge in [0, 0.05) is 31.8 Å². The number of benzene rings is 2. The Kier molecular flexibility index (Phi) is 3.29. The lowest BCUT2D eigenvalue weighted by molar-refractivity contribution is 0.103. The molecule has 0 spiro atoms. The molecule has 1 aromatic heterocycles. The van der Waals surface area contributed by atoms with E-state index in [-0.39, 0.29) is 17.4 Å². The first kappa shape index (κ1) is 13.2. The summed E-state index contributed by atoms with van der Waals surface area (Å²) in [5, 5.41) is 0.650. The van der Waals surface area contributed by atoms with Gasteiger partial charge in [-0.05, 0) is 59.0 Å². The van der Waals surface area contributed by atoms with E-state index in [4.69, 9.17) is 0 Å². The Balaban J connectivity index is 2.13. The zero-order valence-corrected chi connectivity index (χ0v) is 12.2. The number of carbonyl (C=O) groups excluding carboxylic acids is 1. The quantitative estimate of drug-likeness (QED) is 0.520. The van der Waals surface area contributed by atoms with Crippen LogP contribution in [0, 0.1) is 15.2 Å². The second-order valence-corrected chi connectivity index (χ2v) is 5.51. The second kappa shape index (κ2) is 4.97. The van der Waals surface area contributed by atoms with Crippen molar-refractivity contribution >= 4 is 39.3 Å². The highest BCUT2D eigenvalue weighted by atomic mass is 127. The first-order chi connectivity index (χ1) is 9.56. The molecule has 0 aliphatic rings. The molecule has 1 heterocycles. The number of carbonyl (C=O) groups is 1. The Morgan fingerprint density at radius 3 is 2.45 bits per heavy atom. The Labute approximate surface area is 126 Å². The lowest BCUT2D eigenvalue weighted by Crippen LogP contribution is -2.03. The maximum Gasteiger partial charge on any atom is 0.196 e. The van der Waals surface area contributed by atoms with Crippen molar-refractivity contribution in [2.45, 2.75) is 0 Å². The zero-order valence-electron chi connectivity index (χ0n) is 10.1. The minimum absolute atomic E-state index is 0.216. The van der Waals surface area contributed by atoms with E-state index in [9.17, 15) is 13.6 Å². The van der Waals surface area contributed by atoms with Crippen LogP contribution in [0.1, 0.15) is 15.9 Å². The molecule has 0 radical (unpaired) electrons. The van der Waals surface area contributed by atoms with Gasteiger partial charge in [0.15, 0.2) is 5.78 Å². The van der Waals surface area contributed by atoms with E-state index in [1.165, 1.54) is 30.3 Å². The molecule has 2 nitrogen and oxygen atoms in total. The molecular weight excluding hydrogens is 375 g/mol. The van der Waals surface area contributed by atoms with Crippen LogP contribution in [0.5, 0.6) is 0 Å². The van der Waals surface area contributed by atoms with Crippen LogP contribution in [-0.2, 0) is 0 Å². The summed E-state index contributed by atoms with van der Waals surface area (Å²) < 4.78 is 26.8. The van der Waals surface area contributed by atoms with Crippen molar-refractivity contribution in [3.8, 4) is 0 Å². The predicted octanol–water partition coefficient (Wildman–Crippen LogP) is 4.28. The van der Waals surface area contributed by atoms with Crippen LogP contribution in [0.2, 0.25) is 0 Å². The summed E-state index contributed by atoms with van der Waals surface area (Å²) >= 11 is 1.92. The fraction of sp³-hybridized carbons (Fsp3) is 0. The van der Waals surface area contributed by atoms with Gasteiger partial charge in [-0.3, -0.25) is 4.79 Å². The van der Waals surface area contributed by atoms with Gasteiger partial charge in [-0.1, -0.05) is 0 Å². The topological polar surface area (TPSA) is 32.9 Å². The highest BCUT2D eigenvalue weighted by Crippen LogP contribution is 2.24. The average molecular weight is 383 g/mol. The SMILES string of the molecule is O=C(c1ccc(F)cc1I)c1c[nH]c2cc(F)ccc12. The molecule has 0 bridgehead atoms. The van der Waals surface area contributed by atoms with Crippen molar-refractivity contribution in [3.63, 3.8) is 0 Å². The normalized spacial score (nSPS) is 10.9. The maximum atomic E-state index is 13.1. The van der Waals surface area contributed by atoms with Crippen LogP contribution in [0.15, 0.2) is 42.6 Å². The summed E-state index contributed by atoms with van der Waals surface area (Å²) in [5.41, 5.74) is 1.44. The third-order valence-electron chi connectivity index (χ3n) is 3.06. The van der Waals surface area contributed by atoms with Crippen LogP contribution < -0.4 is 0 Å². The number of hydrogen-bond acceptors (Lipinski definition) is 1. The first-order valence-corrected chi connectivity index (χ1v) is 6.90. The summed E-state index contributed by atoms with van der Waals surface area (Å²) in [4.78, 5) is 15.4. The van der Waals surface area contributed by atoms with Gasteiger partial charge < -0.3 is 4.98 Å². The van der Waals surface area contributed by atoms with Crippen LogP contribution in [-0.4, -0.2) is 10.8 Å². The highest BCUT2D eigenvalue weighted by molar-refractivity contribution is 14.1. The van der Waals surface area contributed by atoms with Gasteiger partial charge in [0.05, 0.1) is 0 Å². The average Bonchev–Trinajstić information content (AvgIpc) is 2.80. The van der Waals surface area contributed by atoms with E-state index in [0.717, 1.165) is 0 Å². The zero-order chi connectivity index (χ0) is 14.3. The van der Waals surface area contributed by atoms with E-state index < -0.39 is 0 Å². The molecule has 2 aromatic carbocycles. The molecule has 0 saturated heterocycles.